The molecule has 2 N–H and O–H groups in total. The Bertz CT molecular complexity index is 668. The van der Waals surface area contributed by atoms with Gasteiger partial charge in [0.1, 0.15) is 0 Å². The third-order valence-corrected chi connectivity index (χ3v) is 5.40. The first-order valence-corrected chi connectivity index (χ1v) is 9.30. The van der Waals surface area contributed by atoms with E-state index in [-0.39, 0.29) is 5.91 Å². The second-order valence-corrected chi connectivity index (χ2v) is 7.12. The molecule has 2 aromatic rings. The molecule has 1 aliphatic carbocycles. The van der Waals surface area contributed by atoms with Gasteiger partial charge in [-0.25, -0.2) is 4.98 Å². The number of aromatic amines is 1. The van der Waals surface area contributed by atoms with Crippen molar-refractivity contribution in [1.29, 1.82) is 0 Å². The summed E-state index contributed by atoms with van der Waals surface area (Å²) in [7, 11) is 0. The Morgan fingerprint density at radius 1 is 1.43 bits per heavy atom. The molecule has 0 aliphatic heterocycles. The smallest absolute Gasteiger partial charge is 0.220 e. The number of nitrogens with zero attached hydrogens (tertiary/aromatic N) is 1. The summed E-state index contributed by atoms with van der Waals surface area (Å²) < 4.78 is 0. The van der Waals surface area contributed by atoms with Crippen LogP contribution in [-0.2, 0) is 17.0 Å². The molecule has 1 aliphatic rings. The summed E-state index contributed by atoms with van der Waals surface area (Å²) in [4.78, 5) is 19.5. The van der Waals surface area contributed by atoms with Gasteiger partial charge in [0.25, 0.3) is 0 Å². The third kappa shape index (κ3) is 4.16. The van der Waals surface area contributed by atoms with Crippen LogP contribution in [0.15, 0.2) is 30.6 Å². The molecule has 0 fully saturated rings. The number of benzene rings is 1. The topological polar surface area (TPSA) is 57.8 Å². The molecule has 5 heteroatoms. The highest BCUT2D eigenvalue weighted by Crippen LogP contribution is 2.34. The molecule has 1 aromatic heterocycles. The highest BCUT2D eigenvalue weighted by Gasteiger charge is 2.23. The molecule has 0 saturated heterocycles. The number of imidazole rings is 1. The van der Waals surface area contributed by atoms with Crippen molar-refractivity contribution in [3.05, 3.63) is 53.1 Å². The van der Waals surface area contributed by atoms with Gasteiger partial charge in [0.15, 0.2) is 0 Å². The molecular formula is C18H23N3OS. The number of thioether (sulfide) groups is 1. The van der Waals surface area contributed by atoms with Crippen LogP contribution in [0.25, 0.3) is 0 Å². The van der Waals surface area contributed by atoms with E-state index >= 15 is 0 Å². The van der Waals surface area contributed by atoms with Crippen molar-refractivity contribution in [2.24, 2.45) is 0 Å². The normalized spacial score (nSPS) is 16.3. The molecule has 1 unspecified atom stereocenters. The van der Waals surface area contributed by atoms with Crippen LogP contribution in [0.4, 0.5) is 0 Å². The fraction of sp³-hybridized carbons (Fsp3) is 0.444. The summed E-state index contributed by atoms with van der Waals surface area (Å²) in [6.45, 7) is 2.76. The first-order chi connectivity index (χ1) is 11.2. The number of carbonyl (C=O) groups is 1. The predicted molar refractivity (Wildman–Crippen MR) is 94.6 cm³/mol. The lowest BCUT2D eigenvalue weighted by Crippen LogP contribution is -2.26. The molecule has 0 bridgehead atoms. The number of nitrogens with one attached hydrogen (secondary N) is 2. The van der Waals surface area contributed by atoms with Gasteiger partial charge >= 0.3 is 0 Å². The molecule has 0 saturated carbocycles. The molecule has 0 spiro atoms. The lowest BCUT2D eigenvalue weighted by Gasteiger charge is -2.11. The van der Waals surface area contributed by atoms with Crippen LogP contribution in [0.3, 0.4) is 0 Å². The number of aryl methyl sites for hydroxylation is 2. The second kappa shape index (κ2) is 7.68. The number of aromatic nitrogens is 2. The molecule has 1 aromatic carbocycles. The quantitative estimate of drug-likeness (QED) is 0.767. The number of fused-ring (bicyclic) bond motifs is 1. The van der Waals surface area contributed by atoms with Gasteiger partial charge in [-0.2, -0.15) is 11.8 Å². The van der Waals surface area contributed by atoms with Crippen molar-refractivity contribution in [1.82, 2.24) is 15.3 Å². The van der Waals surface area contributed by atoms with Crippen molar-refractivity contribution in [3.8, 4) is 0 Å². The van der Waals surface area contributed by atoms with Gasteiger partial charge in [0.2, 0.25) is 5.91 Å². The Morgan fingerprint density at radius 3 is 3.13 bits per heavy atom. The SMILES string of the molecule is Cc1[nH]cnc1CSCCNC(=O)CC1CCc2ccccc21. The van der Waals surface area contributed by atoms with Gasteiger partial charge in [-0.15, -0.1) is 0 Å². The van der Waals surface area contributed by atoms with Crippen molar-refractivity contribution >= 4 is 17.7 Å². The standard InChI is InChI=1S/C18H23N3OS/c1-13-17(21-12-20-13)11-23-9-8-19-18(22)10-15-7-6-14-4-2-3-5-16(14)15/h2-5,12,15H,6-11H2,1H3,(H,19,22)(H,20,21). The van der Waals surface area contributed by atoms with Crippen LogP contribution in [0.5, 0.6) is 0 Å². The number of rotatable bonds is 7. The summed E-state index contributed by atoms with van der Waals surface area (Å²) in [6.07, 6.45) is 4.54. The molecule has 1 amide bonds. The summed E-state index contributed by atoms with van der Waals surface area (Å²) in [5, 5.41) is 3.05. The van der Waals surface area contributed by atoms with E-state index in [0.717, 1.165) is 42.3 Å². The largest absolute Gasteiger partial charge is 0.355 e. The minimum atomic E-state index is 0.170. The maximum atomic E-state index is 12.1. The number of H-pyrrole nitrogens is 1. The zero-order valence-corrected chi connectivity index (χ0v) is 14.3. The van der Waals surface area contributed by atoms with E-state index in [4.69, 9.17) is 0 Å². The van der Waals surface area contributed by atoms with Crippen LogP contribution < -0.4 is 5.32 Å². The van der Waals surface area contributed by atoms with Crippen molar-refractivity contribution in [2.75, 3.05) is 12.3 Å². The summed E-state index contributed by atoms with van der Waals surface area (Å²) >= 11 is 1.80. The summed E-state index contributed by atoms with van der Waals surface area (Å²) in [6, 6.07) is 8.51. The Kier molecular flexibility index (Phi) is 5.39. The maximum Gasteiger partial charge on any atom is 0.220 e. The molecule has 1 atom stereocenters. The predicted octanol–water partition coefficient (Wildman–Crippen LogP) is 3.19. The van der Waals surface area contributed by atoms with E-state index in [2.05, 4.69) is 39.6 Å². The van der Waals surface area contributed by atoms with E-state index in [9.17, 15) is 4.79 Å². The van der Waals surface area contributed by atoms with Gasteiger partial charge in [-0.1, -0.05) is 24.3 Å². The van der Waals surface area contributed by atoms with Gasteiger partial charge < -0.3 is 10.3 Å². The highest BCUT2D eigenvalue weighted by molar-refractivity contribution is 7.98. The number of carbonyl (C=O) groups excluding carboxylic acids is 1. The van der Waals surface area contributed by atoms with Crippen LogP contribution in [0.2, 0.25) is 0 Å². The minimum Gasteiger partial charge on any atom is -0.355 e. The first-order valence-electron chi connectivity index (χ1n) is 8.15. The molecule has 0 radical (unpaired) electrons. The molecular weight excluding hydrogens is 306 g/mol. The van der Waals surface area contributed by atoms with E-state index in [1.54, 1.807) is 18.1 Å². The zero-order valence-electron chi connectivity index (χ0n) is 13.5. The fourth-order valence-electron chi connectivity index (χ4n) is 3.12. The number of hydrogen-bond acceptors (Lipinski definition) is 3. The average molecular weight is 329 g/mol. The maximum absolute atomic E-state index is 12.1. The average Bonchev–Trinajstić information content (AvgIpc) is 3.14. The molecule has 23 heavy (non-hydrogen) atoms. The lowest BCUT2D eigenvalue weighted by atomic mass is 9.97. The highest BCUT2D eigenvalue weighted by atomic mass is 32.2. The number of hydrogen-bond donors (Lipinski definition) is 2. The van der Waals surface area contributed by atoms with Crippen molar-refractivity contribution in [3.63, 3.8) is 0 Å². The van der Waals surface area contributed by atoms with Crippen molar-refractivity contribution < 1.29 is 4.79 Å². The van der Waals surface area contributed by atoms with Gasteiger partial charge in [-0.05, 0) is 36.8 Å². The van der Waals surface area contributed by atoms with E-state index in [1.165, 1.54) is 11.1 Å². The van der Waals surface area contributed by atoms with E-state index in [1.807, 2.05) is 6.92 Å². The number of amides is 1. The Hall–Kier alpha value is -1.75. The minimum absolute atomic E-state index is 0.170. The first kappa shape index (κ1) is 16.1. The van der Waals surface area contributed by atoms with Crippen LogP contribution >= 0.6 is 11.8 Å². The third-order valence-electron chi connectivity index (χ3n) is 4.43. The molecule has 122 valence electrons. The Balaban J connectivity index is 1.35. The molecule has 4 nitrogen and oxygen atoms in total. The molecule has 3 rings (SSSR count). The van der Waals surface area contributed by atoms with E-state index in [0.29, 0.717) is 12.3 Å². The lowest BCUT2D eigenvalue weighted by molar-refractivity contribution is -0.121. The molecule has 1 heterocycles. The Labute approximate surface area is 141 Å². The van der Waals surface area contributed by atoms with Gasteiger partial charge in [0.05, 0.1) is 12.0 Å². The zero-order chi connectivity index (χ0) is 16.1. The fourth-order valence-corrected chi connectivity index (χ4v) is 3.99. The van der Waals surface area contributed by atoms with Gasteiger partial charge in [0, 0.05) is 30.2 Å². The van der Waals surface area contributed by atoms with E-state index < -0.39 is 0 Å². The summed E-state index contributed by atoms with van der Waals surface area (Å²) in [5.41, 5.74) is 5.01. The monoisotopic (exact) mass is 329 g/mol. The van der Waals surface area contributed by atoms with Crippen molar-refractivity contribution in [2.45, 2.75) is 37.9 Å². The van der Waals surface area contributed by atoms with Crippen LogP contribution in [-0.4, -0.2) is 28.2 Å². The summed E-state index contributed by atoms with van der Waals surface area (Å²) in [5.74, 6) is 2.37. The van der Waals surface area contributed by atoms with Crippen LogP contribution in [0, 0.1) is 6.92 Å². The van der Waals surface area contributed by atoms with Crippen LogP contribution in [0.1, 0.15) is 41.3 Å². The second-order valence-electron chi connectivity index (χ2n) is 6.02. The Morgan fingerprint density at radius 2 is 2.30 bits per heavy atom. The van der Waals surface area contributed by atoms with Gasteiger partial charge in [-0.3, -0.25) is 4.79 Å².